The first kappa shape index (κ1) is 23.4. The fourth-order valence-electron chi connectivity index (χ4n) is 4.66. The molecule has 0 unspecified atom stereocenters. The van der Waals surface area contributed by atoms with Gasteiger partial charge >= 0.3 is 0 Å². The number of benzene rings is 2. The van der Waals surface area contributed by atoms with Crippen molar-refractivity contribution in [2.45, 2.75) is 38.6 Å². The molecule has 178 valence electrons. The van der Waals surface area contributed by atoms with Crippen LogP contribution in [0, 0.1) is 11.3 Å². The Labute approximate surface area is 210 Å². The molecule has 0 spiro atoms. The van der Waals surface area contributed by atoms with Gasteiger partial charge in [-0.3, -0.25) is 9.71 Å². The molecule has 0 amide bonds. The normalized spacial score (nSPS) is 14.0. The fraction of sp³-hybridized carbons (Fsp3) is 0.259. The van der Waals surface area contributed by atoms with Crippen LogP contribution < -0.4 is 4.72 Å². The zero-order valence-electron chi connectivity index (χ0n) is 19.3. The predicted molar refractivity (Wildman–Crippen MR) is 141 cm³/mol. The highest BCUT2D eigenvalue weighted by Crippen LogP contribution is 2.44. The summed E-state index contributed by atoms with van der Waals surface area (Å²) in [4.78, 5) is 4.49. The minimum atomic E-state index is -3.46. The third-order valence-electron chi connectivity index (χ3n) is 6.50. The van der Waals surface area contributed by atoms with Crippen LogP contribution >= 0.6 is 11.6 Å². The molecule has 2 aromatic carbocycles. The number of pyridine rings is 1. The summed E-state index contributed by atoms with van der Waals surface area (Å²) in [5.74, 6) is 0.0260. The van der Waals surface area contributed by atoms with Gasteiger partial charge in [-0.05, 0) is 56.0 Å². The second-order valence-electron chi connectivity index (χ2n) is 8.85. The van der Waals surface area contributed by atoms with Crippen molar-refractivity contribution in [2.24, 2.45) is 0 Å². The Morgan fingerprint density at radius 2 is 1.94 bits per heavy atom. The van der Waals surface area contributed by atoms with E-state index in [0.717, 1.165) is 52.7 Å². The standard InChI is InChI=1S/C27H25ClN4O2S/c1-2-14-35(33,34)31-25-12-10-19(15-23(25)28)27-22(17-29)21-11-9-18(24-8-3-4-13-30-24)16-26(21)32(27)20-6-5-7-20/h3-4,8-13,15-16,20,31H,2,5-7,14H2,1H3. The van der Waals surface area contributed by atoms with E-state index in [1.165, 1.54) is 0 Å². The van der Waals surface area contributed by atoms with Crippen molar-refractivity contribution >= 4 is 38.2 Å². The molecule has 0 radical (unpaired) electrons. The van der Waals surface area contributed by atoms with Gasteiger partial charge in [-0.15, -0.1) is 0 Å². The Kier molecular flexibility index (Phi) is 6.26. The fourth-order valence-corrected chi connectivity index (χ4v) is 6.09. The number of nitrogens with one attached hydrogen (secondary N) is 1. The number of aromatic nitrogens is 2. The molecule has 2 aromatic heterocycles. The van der Waals surface area contributed by atoms with Gasteiger partial charge in [0.05, 0.1) is 38.9 Å². The Morgan fingerprint density at radius 3 is 2.57 bits per heavy atom. The highest BCUT2D eigenvalue weighted by atomic mass is 35.5. The first-order chi connectivity index (χ1) is 16.9. The summed E-state index contributed by atoms with van der Waals surface area (Å²) in [7, 11) is -3.46. The van der Waals surface area contributed by atoms with Gasteiger partial charge in [-0.25, -0.2) is 8.42 Å². The number of nitriles is 1. The monoisotopic (exact) mass is 504 g/mol. The van der Waals surface area contributed by atoms with Gasteiger partial charge in [0.15, 0.2) is 0 Å². The number of hydrogen-bond donors (Lipinski definition) is 1. The largest absolute Gasteiger partial charge is 0.336 e. The second kappa shape index (κ2) is 9.37. The maximum atomic E-state index is 12.2. The molecule has 1 fully saturated rings. The molecular formula is C27H25ClN4O2S. The lowest BCUT2D eigenvalue weighted by molar-refractivity contribution is 0.324. The van der Waals surface area contributed by atoms with Gasteiger partial charge in [-0.1, -0.05) is 42.8 Å². The molecule has 8 heteroatoms. The van der Waals surface area contributed by atoms with Gasteiger partial charge in [0.25, 0.3) is 0 Å². The van der Waals surface area contributed by atoms with Gasteiger partial charge in [-0.2, -0.15) is 5.26 Å². The molecule has 6 nitrogen and oxygen atoms in total. The molecule has 35 heavy (non-hydrogen) atoms. The smallest absolute Gasteiger partial charge is 0.232 e. The molecule has 5 rings (SSSR count). The van der Waals surface area contributed by atoms with E-state index in [-0.39, 0.29) is 11.8 Å². The molecule has 4 aromatic rings. The third-order valence-corrected chi connectivity index (χ3v) is 8.29. The van der Waals surface area contributed by atoms with E-state index in [2.05, 4.69) is 26.4 Å². The number of anilines is 1. The molecule has 0 aliphatic heterocycles. The topological polar surface area (TPSA) is 87.8 Å². The van der Waals surface area contributed by atoms with Crippen molar-refractivity contribution in [2.75, 3.05) is 10.5 Å². The summed E-state index contributed by atoms with van der Waals surface area (Å²) in [6.45, 7) is 1.81. The van der Waals surface area contributed by atoms with Crippen LogP contribution in [0.1, 0.15) is 44.2 Å². The summed E-state index contributed by atoms with van der Waals surface area (Å²) < 4.78 is 29.3. The highest BCUT2D eigenvalue weighted by Gasteiger charge is 2.28. The quantitative estimate of drug-likeness (QED) is 0.300. The lowest BCUT2D eigenvalue weighted by Crippen LogP contribution is -2.18. The van der Waals surface area contributed by atoms with Crippen molar-refractivity contribution in [1.29, 1.82) is 5.26 Å². The summed E-state index contributed by atoms with van der Waals surface area (Å²) in [6.07, 6.45) is 5.51. The number of nitrogens with zero attached hydrogens (tertiary/aromatic N) is 3. The van der Waals surface area contributed by atoms with Crippen LogP contribution in [0.2, 0.25) is 5.02 Å². The van der Waals surface area contributed by atoms with Gasteiger partial charge < -0.3 is 4.57 Å². The molecule has 1 saturated carbocycles. The van der Waals surface area contributed by atoms with Crippen molar-refractivity contribution in [3.63, 3.8) is 0 Å². The molecule has 0 saturated heterocycles. The maximum Gasteiger partial charge on any atom is 0.232 e. The molecule has 1 aliphatic carbocycles. The zero-order valence-corrected chi connectivity index (χ0v) is 20.9. The Morgan fingerprint density at radius 1 is 1.14 bits per heavy atom. The van der Waals surface area contributed by atoms with Crippen molar-refractivity contribution in [1.82, 2.24) is 9.55 Å². The lowest BCUT2D eigenvalue weighted by atomic mass is 9.92. The summed E-state index contributed by atoms with van der Waals surface area (Å²) in [5.41, 5.74) is 5.39. The van der Waals surface area contributed by atoms with Crippen LogP contribution in [0.15, 0.2) is 60.8 Å². The van der Waals surface area contributed by atoms with Gasteiger partial charge in [0.2, 0.25) is 10.0 Å². The van der Waals surface area contributed by atoms with Crippen LogP contribution in [0.3, 0.4) is 0 Å². The number of hydrogen-bond acceptors (Lipinski definition) is 4. The van der Waals surface area contributed by atoms with E-state index in [4.69, 9.17) is 11.6 Å². The van der Waals surface area contributed by atoms with E-state index in [1.54, 1.807) is 18.3 Å². The van der Waals surface area contributed by atoms with Crippen molar-refractivity contribution < 1.29 is 8.42 Å². The summed E-state index contributed by atoms with van der Waals surface area (Å²) >= 11 is 6.54. The average molecular weight is 505 g/mol. The van der Waals surface area contributed by atoms with E-state index in [0.29, 0.717) is 22.7 Å². The number of sulfonamides is 1. The number of rotatable bonds is 7. The van der Waals surface area contributed by atoms with E-state index in [9.17, 15) is 13.7 Å². The Hall–Kier alpha value is -3.34. The van der Waals surface area contributed by atoms with Crippen molar-refractivity contribution in [3.8, 4) is 28.6 Å². The minimum absolute atomic E-state index is 0.0260. The second-order valence-corrected chi connectivity index (χ2v) is 11.1. The van der Waals surface area contributed by atoms with Crippen LogP contribution in [0.4, 0.5) is 5.69 Å². The van der Waals surface area contributed by atoms with Crippen molar-refractivity contribution in [3.05, 3.63) is 71.4 Å². The average Bonchev–Trinajstić information content (AvgIpc) is 3.13. The lowest BCUT2D eigenvalue weighted by Gasteiger charge is -2.30. The maximum absolute atomic E-state index is 12.2. The van der Waals surface area contributed by atoms with Crippen LogP contribution in [-0.2, 0) is 10.0 Å². The predicted octanol–water partition coefficient (Wildman–Crippen LogP) is 6.77. The molecule has 1 N–H and O–H groups in total. The molecule has 0 bridgehead atoms. The molecular weight excluding hydrogens is 480 g/mol. The first-order valence-electron chi connectivity index (χ1n) is 11.7. The van der Waals surface area contributed by atoms with E-state index < -0.39 is 10.0 Å². The number of halogens is 1. The first-order valence-corrected chi connectivity index (χ1v) is 13.7. The Balaban J connectivity index is 1.67. The van der Waals surface area contributed by atoms with E-state index in [1.807, 2.05) is 43.3 Å². The third kappa shape index (κ3) is 4.40. The zero-order chi connectivity index (χ0) is 24.6. The SMILES string of the molecule is CCCS(=O)(=O)Nc1ccc(-c2c(C#N)c3ccc(-c4ccccn4)cc3n2C2CCC2)cc1Cl. The molecule has 2 heterocycles. The van der Waals surface area contributed by atoms with Gasteiger partial charge in [0.1, 0.15) is 6.07 Å². The van der Waals surface area contributed by atoms with Crippen LogP contribution in [0.5, 0.6) is 0 Å². The van der Waals surface area contributed by atoms with Gasteiger partial charge in [0, 0.05) is 28.8 Å². The van der Waals surface area contributed by atoms with Crippen LogP contribution in [0.25, 0.3) is 33.4 Å². The minimum Gasteiger partial charge on any atom is -0.336 e. The van der Waals surface area contributed by atoms with Crippen LogP contribution in [-0.4, -0.2) is 23.7 Å². The highest BCUT2D eigenvalue weighted by molar-refractivity contribution is 7.92. The summed E-state index contributed by atoms with van der Waals surface area (Å²) in [6, 6.07) is 19.9. The molecule has 1 aliphatic rings. The Bertz CT molecular complexity index is 1550. The summed E-state index contributed by atoms with van der Waals surface area (Å²) in [5, 5.41) is 11.4. The number of fused-ring (bicyclic) bond motifs is 1. The molecule has 0 atom stereocenters. The van der Waals surface area contributed by atoms with E-state index >= 15 is 0 Å².